The van der Waals surface area contributed by atoms with Crippen molar-refractivity contribution in [1.29, 1.82) is 0 Å². The van der Waals surface area contributed by atoms with Gasteiger partial charge in [-0.3, -0.25) is 0 Å². The molecule has 2 fully saturated rings. The van der Waals surface area contributed by atoms with E-state index in [9.17, 15) is 4.79 Å². The van der Waals surface area contributed by atoms with Crippen LogP contribution in [0.2, 0.25) is 0 Å². The van der Waals surface area contributed by atoms with Crippen LogP contribution < -0.4 is 10.2 Å². The average molecular weight is 331 g/mol. The Balaban J connectivity index is 1.45. The molecule has 0 aromatic heterocycles. The number of nitrogens with zero attached hydrogens (tertiary/aromatic N) is 2. The number of benzene rings is 1. The van der Waals surface area contributed by atoms with E-state index in [1.165, 1.54) is 12.1 Å². The van der Waals surface area contributed by atoms with Crippen LogP contribution in [0.3, 0.4) is 0 Å². The summed E-state index contributed by atoms with van der Waals surface area (Å²) in [5.74, 6) is 0. The Morgan fingerprint density at radius 1 is 1.29 bits per heavy atom. The molecule has 1 aliphatic carbocycles. The van der Waals surface area contributed by atoms with Gasteiger partial charge in [0.1, 0.15) is 0 Å². The Hall–Kier alpha value is -1.75. The Bertz CT molecular complexity index is 531. The van der Waals surface area contributed by atoms with E-state index in [1.54, 1.807) is 7.11 Å². The second kappa shape index (κ2) is 7.43. The Labute approximate surface area is 145 Å². The third-order valence-corrected chi connectivity index (χ3v) is 5.72. The lowest BCUT2D eigenvalue weighted by Crippen LogP contribution is -2.54. The monoisotopic (exact) mass is 331 g/mol. The maximum absolute atomic E-state index is 12.4. The van der Waals surface area contributed by atoms with Gasteiger partial charge in [0.15, 0.2) is 0 Å². The van der Waals surface area contributed by atoms with Gasteiger partial charge < -0.3 is 19.9 Å². The highest BCUT2D eigenvalue weighted by atomic mass is 16.5. The van der Waals surface area contributed by atoms with Gasteiger partial charge in [-0.05, 0) is 44.2 Å². The number of para-hydroxylation sites is 1. The van der Waals surface area contributed by atoms with E-state index in [0.717, 1.165) is 38.8 Å². The van der Waals surface area contributed by atoms with Gasteiger partial charge in [-0.25, -0.2) is 4.79 Å². The molecule has 1 aromatic rings. The van der Waals surface area contributed by atoms with E-state index >= 15 is 0 Å². The molecule has 132 valence electrons. The maximum Gasteiger partial charge on any atom is 0.317 e. The Morgan fingerprint density at radius 2 is 1.96 bits per heavy atom. The highest BCUT2D eigenvalue weighted by molar-refractivity contribution is 5.74. The van der Waals surface area contributed by atoms with Gasteiger partial charge in [0.25, 0.3) is 0 Å². The van der Waals surface area contributed by atoms with Crippen LogP contribution in [0, 0.1) is 0 Å². The van der Waals surface area contributed by atoms with Crippen molar-refractivity contribution in [2.45, 2.75) is 43.7 Å². The molecule has 1 aromatic carbocycles. The zero-order valence-electron chi connectivity index (χ0n) is 14.8. The van der Waals surface area contributed by atoms with Crippen molar-refractivity contribution in [3.05, 3.63) is 30.3 Å². The third kappa shape index (κ3) is 3.66. The third-order valence-electron chi connectivity index (χ3n) is 5.72. The van der Waals surface area contributed by atoms with Gasteiger partial charge in [0.2, 0.25) is 0 Å². The van der Waals surface area contributed by atoms with E-state index in [2.05, 4.69) is 41.5 Å². The molecule has 3 rings (SSSR count). The SMILES string of the molecule is COC1(CNC(=O)N2CCC(N(C)c3ccccc3)CC2)CCC1. The molecule has 0 radical (unpaired) electrons. The van der Waals surface area contributed by atoms with E-state index in [4.69, 9.17) is 4.74 Å². The molecule has 0 unspecified atom stereocenters. The Kier molecular flexibility index (Phi) is 5.29. The summed E-state index contributed by atoms with van der Waals surface area (Å²) in [6, 6.07) is 11.0. The number of ether oxygens (including phenoxy) is 1. The molecule has 1 heterocycles. The van der Waals surface area contributed by atoms with E-state index in [0.29, 0.717) is 12.6 Å². The number of hydrogen-bond donors (Lipinski definition) is 1. The second-order valence-electron chi connectivity index (χ2n) is 7.06. The van der Waals surface area contributed by atoms with Crippen LogP contribution >= 0.6 is 0 Å². The predicted molar refractivity (Wildman–Crippen MR) is 96.4 cm³/mol. The molecule has 0 atom stereocenters. The minimum Gasteiger partial charge on any atom is -0.376 e. The van der Waals surface area contributed by atoms with Crippen LogP contribution in [0.1, 0.15) is 32.1 Å². The zero-order valence-corrected chi connectivity index (χ0v) is 14.8. The van der Waals surface area contributed by atoms with Crippen molar-refractivity contribution < 1.29 is 9.53 Å². The highest BCUT2D eigenvalue weighted by Crippen LogP contribution is 2.34. The van der Waals surface area contributed by atoms with Gasteiger partial charge in [-0.1, -0.05) is 18.2 Å². The van der Waals surface area contributed by atoms with Crippen LogP contribution in [-0.2, 0) is 4.74 Å². The summed E-state index contributed by atoms with van der Waals surface area (Å²) in [4.78, 5) is 16.7. The smallest absolute Gasteiger partial charge is 0.317 e. The lowest BCUT2D eigenvalue weighted by Gasteiger charge is -2.42. The zero-order chi connectivity index (χ0) is 17.0. The summed E-state index contributed by atoms with van der Waals surface area (Å²) in [5, 5.41) is 3.07. The van der Waals surface area contributed by atoms with Gasteiger partial charge in [-0.2, -0.15) is 0 Å². The number of carbonyl (C=O) groups excluding carboxylic acids is 1. The minimum atomic E-state index is -0.110. The van der Waals surface area contributed by atoms with E-state index in [1.807, 2.05) is 11.0 Å². The molecule has 1 N–H and O–H groups in total. The normalized spacial score (nSPS) is 20.3. The summed E-state index contributed by atoms with van der Waals surface area (Å²) < 4.78 is 5.57. The van der Waals surface area contributed by atoms with E-state index in [-0.39, 0.29) is 11.6 Å². The van der Waals surface area contributed by atoms with Crippen molar-refractivity contribution in [1.82, 2.24) is 10.2 Å². The second-order valence-corrected chi connectivity index (χ2v) is 7.06. The lowest BCUT2D eigenvalue weighted by molar-refractivity contribution is -0.0679. The fourth-order valence-electron chi connectivity index (χ4n) is 3.70. The number of hydrogen-bond acceptors (Lipinski definition) is 3. The molecule has 0 bridgehead atoms. The fraction of sp³-hybridized carbons (Fsp3) is 0.632. The van der Waals surface area contributed by atoms with Crippen molar-refractivity contribution >= 4 is 11.7 Å². The summed E-state index contributed by atoms with van der Waals surface area (Å²) >= 11 is 0. The van der Waals surface area contributed by atoms with Crippen molar-refractivity contribution in [3.63, 3.8) is 0 Å². The van der Waals surface area contributed by atoms with Crippen LogP contribution in [-0.4, -0.2) is 56.4 Å². The molecule has 24 heavy (non-hydrogen) atoms. The summed E-state index contributed by atoms with van der Waals surface area (Å²) in [5.41, 5.74) is 1.13. The van der Waals surface area contributed by atoms with Crippen LogP contribution in [0.15, 0.2) is 30.3 Å². The summed E-state index contributed by atoms with van der Waals surface area (Å²) in [7, 11) is 3.89. The Morgan fingerprint density at radius 3 is 2.50 bits per heavy atom. The number of nitrogens with one attached hydrogen (secondary N) is 1. The quantitative estimate of drug-likeness (QED) is 0.902. The molecule has 5 nitrogen and oxygen atoms in total. The molecule has 2 amide bonds. The predicted octanol–water partition coefficient (Wildman–Crippen LogP) is 2.87. The number of piperidine rings is 1. The largest absolute Gasteiger partial charge is 0.376 e. The number of anilines is 1. The molecular formula is C19H29N3O2. The standard InChI is InChI=1S/C19H29N3O2/c1-21(16-7-4-3-5-8-16)17-9-13-22(14-10-17)18(23)20-15-19(24-2)11-6-12-19/h3-5,7-8,17H,6,9-15H2,1-2H3,(H,20,23). The van der Waals surface area contributed by atoms with Crippen LogP contribution in [0.4, 0.5) is 10.5 Å². The first-order valence-electron chi connectivity index (χ1n) is 8.99. The van der Waals surface area contributed by atoms with Gasteiger partial charge in [0.05, 0.1) is 5.60 Å². The molecule has 5 heteroatoms. The number of methoxy groups -OCH3 is 1. The molecule has 1 saturated heterocycles. The average Bonchev–Trinajstić information content (AvgIpc) is 2.61. The lowest BCUT2D eigenvalue weighted by atomic mass is 9.80. The van der Waals surface area contributed by atoms with Gasteiger partial charge in [-0.15, -0.1) is 0 Å². The number of likely N-dealkylation sites (tertiary alicyclic amines) is 1. The van der Waals surface area contributed by atoms with Crippen molar-refractivity contribution in [2.75, 3.05) is 38.7 Å². The molecule has 1 aliphatic heterocycles. The highest BCUT2D eigenvalue weighted by Gasteiger charge is 2.37. The first kappa shape index (κ1) is 17.1. The molecule has 2 aliphatic rings. The van der Waals surface area contributed by atoms with Crippen molar-refractivity contribution in [2.24, 2.45) is 0 Å². The molecular weight excluding hydrogens is 302 g/mol. The van der Waals surface area contributed by atoms with Gasteiger partial charge in [0, 0.05) is 45.5 Å². The number of rotatable bonds is 5. The topological polar surface area (TPSA) is 44.8 Å². The molecule has 1 saturated carbocycles. The fourth-order valence-corrected chi connectivity index (χ4v) is 3.70. The van der Waals surface area contributed by atoms with Crippen molar-refractivity contribution in [3.8, 4) is 0 Å². The number of urea groups is 1. The van der Waals surface area contributed by atoms with Crippen LogP contribution in [0.25, 0.3) is 0 Å². The number of amides is 2. The van der Waals surface area contributed by atoms with Crippen LogP contribution in [0.5, 0.6) is 0 Å². The maximum atomic E-state index is 12.4. The first-order chi connectivity index (χ1) is 11.6. The number of carbonyl (C=O) groups is 1. The summed E-state index contributed by atoms with van der Waals surface area (Å²) in [6.45, 7) is 2.26. The van der Waals surface area contributed by atoms with E-state index < -0.39 is 0 Å². The molecule has 0 spiro atoms. The minimum absolute atomic E-state index is 0.0548. The first-order valence-corrected chi connectivity index (χ1v) is 8.99. The van der Waals surface area contributed by atoms with Gasteiger partial charge >= 0.3 is 6.03 Å². The summed E-state index contributed by atoms with van der Waals surface area (Å²) in [6.07, 6.45) is 5.31.